The number of aliphatic hydroxyl groups excluding tert-OH is 6. The van der Waals surface area contributed by atoms with Crippen LogP contribution in [-0.2, 0) is 14.2 Å². The maximum absolute atomic E-state index is 12.2. The van der Waals surface area contributed by atoms with Crippen LogP contribution in [0.4, 0.5) is 0 Å². The van der Waals surface area contributed by atoms with E-state index < -0.39 is 72.2 Å². The second kappa shape index (κ2) is 11.3. The zero-order valence-electron chi connectivity index (χ0n) is 29.2. The Bertz CT molecular complexity index is 1140. The lowest BCUT2D eigenvalue weighted by Crippen LogP contribution is -2.71. The summed E-state index contributed by atoms with van der Waals surface area (Å²) in [4.78, 5) is 0. The molecule has 7 N–H and O–H groups in total. The number of aliphatic hydroxyl groups is 7. The van der Waals surface area contributed by atoms with E-state index >= 15 is 0 Å². The first-order valence-electron chi connectivity index (χ1n) is 17.9. The van der Waals surface area contributed by atoms with E-state index in [1.807, 2.05) is 0 Å². The van der Waals surface area contributed by atoms with Gasteiger partial charge in [0.2, 0.25) is 0 Å². The summed E-state index contributed by atoms with van der Waals surface area (Å²) in [7, 11) is 0. The van der Waals surface area contributed by atoms with Crippen molar-refractivity contribution in [2.45, 2.75) is 173 Å². The van der Waals surface area contributed by atoms with Gasteiger partial charge < -0.3 is 50.0 Å². The molecule has 2 heterocycles. The molecule has 6 fully saturated rings. The molecule has 0 spiro atoms. The predicted octanol–water partition coefficient (Wildman–Crippen LogP) is 2.51. The van der Waals surface area contributed by atoms with Crippen LogP contribution >= 0.6 is 0 Å². The molecular formula is C36H62O10. The molecule has 17 atom stereocenters. The second-order valence-electron chi connectivity index (χ2n) is 18.4. The molecule has 46 heavy (non-hydrogen) atoms. The van der Waals surface area contributed by atoms with Crippen LogP contribution < -0.4 is 0 Å². The first-order valence-corrected chi connectivity index (χ1v) is 17.9. The van der Waals surface area contributed by atoms with Crippen LogP contribution in [0.1, 0.15) is 107 Å². The standard InChI is InChI=1S/C36H62O10/c1-31(2)23(39)10-12-33(5)22-15-19(38)25-18(36(8)14-11-24(46-36)32(3,4)43)9-13-34(25,6)35(22,7)16-20(29(31)33)44-30-28(42)27(41)26(40)21(17-37)45-30/h18-30,37-43H,9-17H2,1-8H3/t18-,19-,20-,21+,22+,23+,24-,25-,26+,27-,28+,29-,30+,33-,34+,35+,36-/m0/s1. The fourth-order valence-electron chi connectivity index (χ4n) is 12.7. The van der Waals surface area contributed by atoms with Crippen LogP contribution in [0.5, 0.6) is 0 Å². The first kappa shape index (κ1) is 35.4. The van der Waals surface area contributed by atoms with E-state index in [-0.39, 0.29) is 46.0 Å². The lowest BCUT2D eigenvalue weighted by molar-refractivity contribution is -0.347. The topological polar surface area (TPSA) is 169 Å². The van der Waals surface area contributed by atoms with Gasteiger partial charge in [-0.05, 0) is 117 Å². The average Bonchev–Trinajstić information content (AvgIpc) is 3.55. The molecule has 6 rings (SSSR count). The summed E-state index contributed by atoms with van der Waals surface area (Å²) < 4.78 is 19.4. The van der Waals surface area contributed by atoms with Gasteiger partial charge in [0.25, 0.3) is 0 Å². The van der Waals surface area contributed by atoms with Gasteiger partial charge in [-0.25, -0.2) is 0 Å². The Hall–Kier alpha value is -0.400. The van der Waals surface area contributed by atoms with Crippen molar-refractivity contribution in [2.75, 3.05) is 6.61 Å². The molecule has 2 saturated heterocycles. The predicted molar refractivity (Wildman–Crippen MR) is 169 cm³/mol. The molecular weight excluding hydrogens is 592 g/mol. The summed E-state index contributed by atoms with van der Waals surface area (Å²) >= 11 is 0. The Balaban J connectivity index is 1.38. The summed E-state index contributed by atoms with van der Waals surface area (Å²) in [5.74, 6) is 0.0944. The van der Waals surface area contributed by atoms with Crippen molar-refractivity contribution < 1.29 is 50.0 Å². The molecule has 0 bridgehead atoms. The Kier molecular flexibility index (Phi) is 8.71. The molecule has 4 saturated carbocycles. The van der Waals surface area contributed by atoms with Crippen molar-refractivity contribution in [2.24, 2.45) is 45.3 Å². The average molecular weight is 655 g/mol. The Morgan fingerprint density at radius 2 is 1.50 bits per heavy atom. The fourth-order valence-corrected chi connectivity index (χ4v) is 12.7. The lowest BCUT2D eigenvalue weighted by atomic mass is 9.34. The number of ether oxygens (including phenoxy) is 3. The molecule has 0 amide bonds. The Morgan fingerprint density at radius 3 is 2.11 bits per heavy atom. The summed E-state index contributed by atoms with van der Waals surface area (Å²) in [5.41, 5.74) is -2.83. The fraction of sp³-hybridized carbons (Fsp3) is 1.00. The van der Waals surface area contributed by atoms with Crippen molar-refractivity contribution in [3.05, 3.63) is 0 Å². The molecule has 0 unspecified atom stereocenters. The van der Waals surface area contributed by atoms with Crippen molar-refractivity contribution in [3.8, 4) is 0 Å². The minimum atomic E-state index is -1.54. The van der Waals surface area contributed by atoms with E-state index in [0.29, 0.717) is 19.3 Å². The van der Waals surface area contributed by atoms with Crippen LogP contribution in [0, 0.1) is 45.3 Å². The van der Waals surface area contributed by atoms with Crippen molar-refractivity contribution in [3.63, 3.8) is 0 Å². The molecule has 6 aliphatic rings. The van der Waals surface area contributed by atoms with Gasteiger partial charge in [0.1, 0.15) is 24.4 Å². The third-order valence-electron chi connectivity index (χ3n) is 15.3. The van der Waals surface area contributed by atoms with Gasteiger partial charge in [-0.1, -0.05) is 34.6 Å². The maximum Gasteiger partial charge on any atom is 0.186 e. The van der Waals surface area contributed by atoms with Gasteiger partial charge in [-0.15, -0.1) is 0 Å². The van der Waals surface area contributed by atoms with Gasteiger partial charge in [0, 0.05) is 0 Å². The Labute approximate surface area is 274 Å². The van der Waals surface area contributed by atoms with Crippen molar-refractivity contribution in [1.29, 1.82) is 0 Å². The quantitative estimate of drug-likeness (QED) is 0.219. The summed E-state index contributed by atoms with van der Waals surface area (Å²) in [6, 6.07) is 0. The van der Waals surface area contributed by atoms with E-state index in [2.05, 4.69) is 41.5 Å². The smallest absolute Gasteiger partial charge is 0.186 e. The van der Waals surface area contributed by atoms with E-state index in [4.69, 9.17) is 14.2 Å². The molecule has 0 radical (unpaired) electrons. The van der Waals surface area contributed by atoms with Crippen LogP contribution in [0.15, 0.2) is 0 Å². The second-order valence-corrected chi connectivity index (χ2v) is 18.4. The number of hydrogen-bond donors (Lipinski definition) is 7. The molecule has 2 aliphatic heterocycles. The monoisotopic (exact) mass is 654 g/mol. The molecule has 10 heteroatoms. The third kappa shape index (κ3) is 4.94. The largest absolute Gasteiger partial charge is 0.394 e. The lowest BCUT2D eigenvalue weighted by Gasteiger charge is -2.72. The summed E-state index contributed by atoms with van der Waals surface area (Å²) in [6.45, 7) is 16.4. The van der Waals surface area contributed by atoms with Crippen molar-refractivity contribution >= 4 is 0 Å². The zero-order chi connectivity index (χ0) is 34.0. The molecule has 10 nitrogen and oxygen atoms in total. The normalized spacial score (nSPS) is 57.1. The van der Waals surface area contributed by atoms with E-state index in [0.717, 1.165) is 32.1 Å². The first-order chi connectivity index (χ1) is 21.2. The highest BCUT2D eigenvalue weighted by atomic mass is 16.7. The van der Waals surface area contributed by atoms with Gasteiger partial charge >= 0.3 is 0 Å². The number of fused-ring (bicyclic) bond motifs is 5. The Morgan fingerprint density at radius 1 is 0.826 bits per heavy atom. The van der Waals surface area contributed by atoms with E-state index in [1.54, 1.807) is 13.8 Å². The highest BCUT2D eigenvalue weighted by Gasteiger charge is 2.74. The minimum absolute atomic E-state index is 0.0189. The summed E-state index contributed by atoms with van der Waals surface area (Å²) in [6.07, 6.45) is -2.57. The third-order valence-corrected chi connectivity index (χ3v) is 15.3. The molecule has 0 aromatic heterocycles. The number of rotatable bonds is 5. The summed E-state index contributed by atoms with van der Waals surface area (Å²) in [5, 5.41) is 76.4. The van der Waals surface area contributed by atoms with E-state index in [1.165, 1.54) is 0 Å². The van der Waals surface area contributed by atoms with Gasteiger partial charge in [0.15, 0.2) is 6.29 Å². The molecule has 4 aliphatic carbocycles. The SMILES string of the molecule is CC(C)(O)[C@@H]1CC[C@@](C)([C@H]2CC[C@]3(C)[C@@H]2[C@@H](O)C[C@@H]2[C@]4(C)CC[C@@H](O)C(C)(C)[C@@H]4[C@@H](O[C@@H]4O[C@H](CO)[C@@H](O)[C@H](O)[C@H]4O)C[C@]23C)O1. The van der Waals surface area contributed by atoms with Crippen LogP contribution in [0.25, 0.3) is 0 Å². The van der Waals surface area contributed by atoms with Crippen molar-refractivity contribution in [1.82, 2.24) is 0 Å². The van der Waals surface area contributed by atoms with Crippen LogP contribution in [0.2, 0.25) is 0 Å². The van der Waals surface area contributed by atoms with Crippen LogP contribution in [-0.4, -0.2) is 109 Å². The zero-order valence-corrected chi connectivity index (χ0v) is 29.2. The minimum Gasteiger partial charge on any atom is -0.394 e. The highest BCUT2D eigenvalue weighted by molar-refractivity contribution is 5.22. The molecule has 266 valence electrons. The van der Waals surface area contributed by atoms with Gasteiger partial charge in [0.05, 0.1) is 42.2 Å². The molecule has 0 aromatic rings. The van der Waals surface area contributed by atoms with E-state index in [9.17, 15) is 35.7 Å². The van der Waals surface area contributed by atoms with Crippen LogP contribution in [0.3, 0.4) is 0 Å². The van der Waals surface area contributed by atoms with Gasteiger partial charge in [-0.2, -0.15) is 0 Å². The maximum atomic E-state index is 12.2. The molecule has 0 aromatic carbocycles. The number of hydrogen-bond acceptors (Lipinski definition) is 10. The highest BCUT2D eigenvalue weighted by Crippen LogP contribution is 2.76. The van der Waals surface area contributed by atoms with Gasteiger partial charge in [-0.3, -0.25) is 0 Å².